The lowest BCUT2D eigenvalue weighted by atomic mass is 10.1. The Morgan fingerprint density at radius 3 is 2.63 bits per heavy atom. The molecule has 0 aliphatic heterocycles. The molecule has 0 unspecified atom stereocenters. The first-order valence-electron chi connectivity index (χ1n) is 8.62. The lowest BCUT2D eigenvalue weighted by Crippen LogP contribution is -1.94. The summed E-state index contributed by atoms with van der Waals surface area (Å²) in [4.78, 5) is 13.0. The van der Waals surface area contributed by atoms with Crippen LogP contribution in [-0.4, -0.2) is 28.7 Å². The minimum Gasteiger partial charge on any atom is -0.338 e. The van der Waals surface area contributed by atoms with Crippen LogP contribution in [0.1, 0.15) is 50.6 Å². The van der Waals surface area contributed by atoms with Crippen LogP contribution in [0.25, 0.3) is 16.6 Å². The number of H-pyrrole nitrogens is 1. The molecule has 2 N–H and O–H groups in total. The number of nitrogens with one attached hydrogen (secondary N) is 1. The highest BCUT2D eigenvalue weighted by molar-refractivity contribution is 8.70. The van der Waals surface area contributed by atoms with E-state index in [4.69, 9.17) is 0 Å². The van der Waals surface area contributed by atoms with Crippen molar-refractivity contribution >= 4 is 42.3 Å². The SMILES string of the molecule is C=C/C(=C(/C)N=C(C)CCC)c1nc2c(C)c(SS(=O)(=O)O)c(C)cc2[nH]1. The minimum atomic E-state index is -4.20. The van der Waals surface area contributed by atoms with Crippen molar-refractivity contribution < 1.29 is 13.0 Å². The van der Waals surface area contributed by atoms with Gasteiger partial charge >= 0.3 is 9.15 Å². The smallest absolute Gasteiger partial charge is 0.324 e. The van der Waals surface area contributed by atoms with E-state index in [-0.39, 0.29) is 0 Å². The summed E-state index contributed by atoms with van der Waals surface area (Å²) in [7, 11) is -3.77. The standard InChI is InChI=1S/C19H25N3O3S2/c1-7-9-12(4)20-14(6)15(8-2)19-21-16-10-11(3)18(26-27(23,24)25)13(5)17(16)22-19/h8,10H,2,7,9H2,1,3-6H3,(H,21,22)(H,23,24,25)/b15-14+,20-12?. The number of aromatic nitrogens is 2. The van der Waals surface area contributed by atoms with Crippen LogP contribution in [0.4, 0.5) is 0 Å². The summed E-state index contributed by atoms with van der Waals surface area (Å²) < 4.78 is 31.8. The minimum absolute atomic E-state index is 0.432. The van der Waals surface area contributed by atoms with E-state index in [0.717, 1.165) is 40.9 Å². The lowest BCUT2D eigenvalue weighted by Gasteiger charge is -2.07. The lowest BCUT2D eigenvalue weighted by molar-refractivity contribution is 0.503. The number of benzene rings is 1. The van der Waals surface area contributed by atoms with Gasteiger partial charge in [-0.25, -0.2) is 4.98 Å². The zero-order valence-corrected chi connectivity index (χ0v) is 17.9. The number of aliphatic imine (C=N–C) groups is 1. The maximum absolute atomic E-state index is 11.3. The first-order chi connectivity index (χ1) is 12.6. The van der Waals surface area contributed by atoms with Crippen LogP contribution >= 0.6 is 10.8 Å². The number of nitrogens with zero attached hydrogens (tertiary/aromatic N) is 2. The number of fused-ring (bicyclic) bond motifs is 1. The van der Waals surface area contributed by atoms with E-state index in [1.165, 1.54) is 0 Å². The van der Waals surface area contributed by atoms with Crippen molar-refractivity contribution in [1.82, 2.24) is 9.97 Å². The van der Waals surface area contributed by atoms with E-state index in [9.17, 15) is 13.0 Å². The molecule has 0 fully saturated rings. The molecule has 0 aliphatic carbocycles. The molecule has 0 amide bonds. The van der Waals surface area contributed by atoms with Gasteiger partial charge in [-0.05, 0) is 51.3 Å². The van der Waals surface area contributed by atoms with E-state index in [0.29, 0.717) is 32.6 Å². The molecule has 27 heavy (non-hydrogen) atoms. The van der Waals surface area contributed by atoms with Gasteiger partial charge in [0.1, 0.15) is 5.82 Å². The number of aryl methyl sites for hydroxylation is 2. The summed E-state index contributed by atoms with van der Waals surface area (Å²) in [6, 6.07) is 1.83. The molecule has 8 heteroatoms. The number of hydrogen-bond acceptors (Lipinski definition) is 5. The Morgan fingerprint density at radius 1 is 1.41 bits per heavy atom. The van der Waals surface area contributed by atoms with Crippen molar-refractivity contribution in [2.75, 3.05) is 0 Å². The molecule has 0 saturated carbocycles. The van der Waals surface area contributed by atoms with Crippen molar-refractivity contribution in [2.24, 2.45) is 4.99 Å². The van der Waals surface area contributed by atoms with Gasteiger partial charge < -0.3 is 4.98 Å². The maximum Gasteiger partial charge on any atom is 0.324 e. The van der Waals surface area contributed by atoms with Crippen LogP contribution in [0.3, 0.4) is 0 Å². The summed E-state index contributed by atoms with van der Waals surface area (Å²) in [6.07, 6.45) is 3.67. The molecule has 0 saturated heterocycles. The van der Waals surface area contributed by atoms with Gasteiger partial charge in [-0.3, -0.25) is 9.55 Å². The average molecular weight is 408 g/mol. The highest BCUT2D eigenvalue weighted by Crippen LogP contribution is 2.35. The van der Waals surface area contributed by atoms with Crippen molar-refractivity contribution in [3.05, 3.63) is 41.4 Å². The van der Waals surface area contributed by atoms with Crippen LogP contribution in [0.2, 0.25) is 0 Å². The summed E-state index contributed by atoms with van der Waals surface area (Å²) >= 11 is 0. The molecule has 0 spiro atoms. The van der Waals surface area contributed by atoms with Gasteiger partial charge in [0.2, 0.25) is 0 Å². The van der Waals surface area contributed by atoms with Gasteiger partial charge in [0, 0.05) is 32.7 Å². The first-order valence-corrected chi connectivity index (χ1v) is 11.4. The second-order valence-electron chi connectivity index (χ2n) is 6.44. The van der Waals surface area contributed by atoms with Crippen LogP contribution in [0.15, 0.2) is 34.3 Å². The van der Waals surface area contributed by atoms with Gasteiger partial charge in [0.05, 0.1) is 11.0 Å². The van der Waals surface area contributed by atoms with E-state index < -0.39 is 9.15 Å². The Bertz CT molecular complexity index is 1050. The Hall–Kier alpha value is -1.90. The Balaban J connectivity index is 2.62. The monoisotopic (exact) mass is 407 g/mol. The zero-order valence-electron chi connectivity index (χ0n) is 16.3. The number of allylic oxidation sites excluding steroid dienone is 3. The summed E-state index contributed by atoms with van der Waals surface area (Å²) in [6.45, 7) is 13.5. The molecule has 6 nitrogen and oxygen atoms in total. The molecule has 0 aliphatic rings. The van der Waals surface area contributed by atoms with Crippen LogP contribution in [-0.2, 0) is 9.15 Å². The third kappa shape index (κ3) is 5.09. The van der Waals surface area contributed by atoms with Crippen LogP contribution < -0.4 is 0 Å². The molecule has 0 atom stereocenters. The molecule has 1 aromatic heterocycles. The van der Waals surface area contributed by atoms with Gasteiger partial charge in [-0.2, -0.15) is 8.42 Å². The maximum atomic E-state index is 11.3. The van der Waals surface area contributed by atoms with Crippen molar-refractivity contribution in [3.63, 3.8) is 0 Å². The quantitative estimate of drug-likeness (QED) is 0.283. The average Bonchev–Trinajstić information content (AvgIpc) is 2.95. The number of rotatable bonds is 7. The highest BCUT2D eigenvalue weighted by atomic mass is 33.1. The van der Waals surface area contributed by atoms with Gasteiger partial charge in [0.15, 0.2) is 0 Å². The largest absolute Gasteiger partial charge is 0.338 e. The van der Waals surface area contributed by atoms with Crippen LogP contribution in [0, 0.1) is 13.8 Å². The fraction of sp³-hybridized carbons (Fsp3) is 0.368. The van der Waals surface area contributed by atoms with Crippen molar-refractivity contribution in [2.45, 2.75) is 52.4 Å². The fourth-order valence-corrected chi connectivity index (χ4v) is 5.03. The third-order valence-electron chi connectivity index (χ3n) is 4.15. The molecule has 2 aromatic rings. The predicted octanol–water partition coefficient (Wildman–Crippen LogP) is 5.25. The van der Waals surface area contributed by atoms with E-state index in [1.54, 1.807) is 19.9 Å². The summed E-state index contributed by atoms with van der Waals surface area (Å²) in [5.41, 5.74) is 5.55. The van der Waals surface area contributed by atoms with Crippen molar-refractivity contribution in [3.8, 4) is 0 Å². The van der Waals surface area contributed by atoms with E-state index >= 15 is 0 Å². The Morgan fingerprint density at radius 2 is 2.07 bits per heavy atom. The molecule has 0 radical (unpaired) electrons. The topological polar surface area (TPSA) is 95.4 Å². The predicted molar refractivity (Wildman–Crippen MR) is 114 cm³/mol. The third-order valence-corrected chi connectivity index (χ3v) is 6.29. The number of hydrogen-bond donors (Lipinski definition) is 2. The summed E-state index contributed by atoms with van der Waals surface area (Å²) in [5.74, 6) is 0.627. The van der Waals surface area contributed by atoms with Gasteiger partial charge in [-0.15, -0.1) is 0 Å². The van der Waals surface area contributed by atoms with Crippen molar-refractivity contribution in [1.29, 1.82) is 0 Å². The number of aromatic amines is 1. The number of imidazole rings is 1. The highest BCUT2D eigenvalue weighted by Gasteiger charge is 2.18. The molecular formula is C19H25N3O3S2. The molecule has 146 valence electrons. The van der Waals surface area contributed by atoms with Gasteiger partial charge in [0.25, 0.3) is 0 Å². The normalized spacial score (nSPS) is 13.8. The molecular weight excluding hydrogens is 382 g/mol. The second kappa shape index (κ2) is 8.41. The molecule has 1 heterocycles. The molecule has 2 rings (SSSR count). The van der Waals surface area contributed by atoms with E-state index in [1.807, 2.05) is 19.9 Å². The van der Waals surface area contributed by atoms with E-state index in [2.05, 4.69) is 28.5 Å². The zero-order chi connectivity index (χ0) is 20.4. The second-order valence-corrected chi connectivity index (χ2v) is 9.63. The Labute approximate surface area is 164 Å². The molecule has 0 bridgehead atoms. The fourth-order valence-electron chi connectivity index (χ4n) is 3.00. The first kappa shape index (κ1) is 21.4. The Kier molecular flexibility index (Phi) is 6.67. The van der Waals surface area contributed by atoms with Crippen LogP contribution in [0.5, 0.6) is 0 Å². The molecule has 1 aromatic carbocycles. The van der Waals surface area contributed by atoms with Gasteiger partial charge in [-0.1, -0.05) is 26.0 Å². The summed E-state index contributed by atoms with van der Waals surface area (Å²) in [5, 5.41) is 0.